The van der Waals surface area contributed by atoms with Crippen molar-refractivity contribution < 1.29 is 9.59 Å². The predicted octanol–water partition coefficient (Wildman–Crippen LogP) is 2.41. The van der Waals surface area contributed by atoms with Crippen LogP contribution in [0.2, 0.25) is 0 Å². The Balaban J connectivity index is 1.49. The summed E-state index contributed by atoms with van der Waals surface area (Å²) < 4.78 is 1.71. The average molecular weight is 469 g/mol. The van der Waals surface area contributed by atoms with E-state index >= 15 is 0 Å². The molecule has 33 heavy (non-hydrogen) atoms. The Labute approximate surface area is 195 Å². The number of anilines is 2. The largest absolute Gasteiger partial charge is 0.356 e. The number of aromatic nitrogens is 3. The number of thiazole rings is 1. The zero-order valence-electron chi connectivity index (χ0n) is 18.8. The van der Waals surface area contributed by atoms with Gasteiger partial charge in [0.05, 0.1) is 5.92 Å². The number of piperidine rings is 1. The molecule has 0 spiro atoms. The van der Waals surface area contributed by atoms with Crippen LogP contribution >= 0.6 is 11.3 Å². The van der Waals surface area contributed by atoms with Gasteiger partial charge >= 0.3 is 0 Å². The van der Waals surface area contributed by atoms with E-state index in [4.69, 9.17) is 0 Å². The van der Waals surface area contributed by atoms with E-state index in [1.54, 1.807) is 0 Å². The first-order chi connectivity index (χ1) is 16.0. The Kier molecular flexibility index (Phi) is 7.02. The maximum atomic E-state index is 13.0. The number of fused-ring (bicyclic) bond motifs is 1. The molecule has 1 fully saturated rings. The molecule has 174 valence electrons. The first-order valence-electron chi connectivity index (χ1n) is 11.3. The van der Waals surface area contributed by atoms with Crippen LogP contribution in [0, 0.1) is 5.92 Å². The lowest BCUT2D eigenvalue weighted by Gasteiger charge is -2.31. The van der Waals surface area contributed by atoms with Crippen molar-refractivity contribution in [3.05, 3.63) is 46.5 Å². The number of amides is 2. The lowest BCUT2D eigenvalue weighted by molar-refractivity contribution is -0.125. The molecule has 2 aromatic heterocycles. The molecule has 1 atom stereocenters. The number of nitrogens with zero attached hydrogens (tertiary/aromatic N) is 4. The van der Waals surface area contributed by atoms with Gasteiger partial charge in [-0.25, -0.2) is 4.98 Å². The van der Waals surface area contributed by atoms with Crippen molar-refractivity contribution in [2.24, 2.45) is 5.92 Å². The maximum absolute atomic E-state index is 13.0. The summed E-state index contributed by atoms with van der Waals surface area (Å²) in [5, 5.41) is 6.41. The number of hydrogen-bond donors (Lipinski definition) is 2. The van der Waals surface area contributed by atoms with Gasteiger partial charge in [0.25, 0.3) is 5.56 Å². The molecule has 1 aliphatic heterocycles. The van der Waals surface area contributed by atoms with E-state index in [1.165, 1.54) is 22.2 Å². The number of carbonyl (C=O) groups is 2. The number of benzene rings is 1. The molecule has 4 rings (SSSR count). The molecule has 0 bridgehead atoms. The Morgan fingerprint density at radius 2 is 2.12 bits per heavy atom. The normalized spacial score (nSPS) is 16.1. The van der Waals surface area contributed by atoms with Crippen LogP contribution in [0.15, 0.2) is 35.4 Å². The fraction of sp³-hybridized carbons (Fsp3) is 0.435. The summed E-state index contributed by atoms with van der Waals surface area (Å²) in [6.07, 6.45) is 3.96. The second kappa shape index (κ2) is 10.1. The van der Waals surface area contributed by atoms with Crippen molar-refractivity contribution in [1.29, 1.82) is 0 Å². The molecule has 9 nitrogen and oxygen atoms in total. The predicted molar refractivity (Wildman–Crippen MR) is 130 cm³/mol. The summed E-state index contributed by atoms with van der Waals surface area (Å²) in [6, 6.07) is 7.64. The third-order valence-electron chi connectivity index (χ3n) is 5.72. The minimum atomic E-state index is -0.294. The summed E-state index contributed by atoms with van der Waals surface area (Å²) in [4.78, 5) is 48.7. The highest BCUT2D eigenvalue weighted by Crippen LogP contribution is 2.29. The van der Waals surface area contributed by atoms with E-state index in [0.717, 1.165) is 31.4 Å². The first-order valence-corrected chi connectivity index (χ1v) is 12.1. The Morgan fingerprint density at radius 1 is 1.27 bits per heavy atom. The molecule has 0 unspecified atom stereocenters. The molecule has 1 aromatic carbocycles. The molecule has 1 aliphatic rings. The van der Waals surface area contributed by atoms with Crippen LogP contribution in [0.5, 0.6) is 0 Å². The molecule has 3 heterocycles. The van der Waals surface area contributed by atoms with Crippen LogP contribution in [0.1, 0.15) is 32.3 Å². The Morgan fingerprint density at radius 3 is 2.91 bits per heavy atom. The second-order valence-electron chi connectivity index (χ2n) is 8.11. The zero-order chi connectivity index (χ0) is 23.4. The Hall–Kier alpha value is -3.27. The average Bonchev–Trinajstić information content (AvgIpc) is 3.26. The number of nitrogens with one attached hydrogen (secondary N) is 2. The van der Waals surface area contributed by atoms with Crippen molar-refractivity contribution in [1.82, 2.24) is 19.9 Å². The minimum Gasteiger partial charge on any atom is -0.356 e. The maximum Gasteiger partial charge on any atom is 0.273 e. The second-order valence-corrected chi connectivity index (χ2v) is 9.09. The van der Waals surface area contributed by atoms with Gasteiger partial charge in [-0.3, -0.25) is 19.0 Å². The van der Waals surface area contributed by atoms with E-state index in [-0.39, 0.29) is 29.8 Å². The van der Waals surface area contributed by atoms with Crippen LogP contribution in [-0.4, -0.2) is 46.0 Å². The standard InChI is InChI=1S/C23H28N6O3S/c1-3-15-7-5-9-17(11-15)26-18(30)13-29-14-25-20-19(22(29)32)33-23(27-20)28-10-6-8-16(12-28)21(31)24-4-2/h5,7,9,11,14,16H,3-4,6,8,10,12-13H2,1-2H3,(H,24,31)(H,26,30)/t16-/m0/s1. The fourth-order valence-corrected chi connectivity index (χ4v) is 4.99. The van der Waals surface area contributed by atoms with Crippen LogP contribution in [0.25, 0.3) is 10.3 Å². The molecule has 10 heteroatoms. The minimum absolute atomic E-state index is 0.0549. The highest BCUT2D eigenvalue weighted by atomic mass is 32.1. The molecule has 1 saturated heterocycles. The van der Waals surface area contributed by atoms with Gasteiger partial charge in [0.1, 0.15) is 17.6 Å². The number of carbonyl (C=O) groups excluding carboxylic acids is 2. The number of aryl methyl sites for hydroxylation is 1. The van der Waals surface area contributed by atoms with Crippen molar-refractivity contribution >= 4 is 44.3 Å². The lowest BCUT2D eigenvalue weighted by atomic mass is 9.97. The highest BCUT2D eigenvalue weighted by Gasteiger charge is 2.27. The van der Waals surface area contributed by atoms with Crippen molar-refractivity contribution in [2.75, 3.05) is 29.9 Å². The molecule has 0 aliphatic carbocycles. The van der Waals surface area contributed by atoms with Gasteiger partial charge in [0, 0.05) is 25.3 Å². The van der Waals surface area contributed by atoms with Crippen molar-refractivity contribution in [2.45, 2.75) is 39.7 Å². The zero-order valence-corrected chi connectivity index (χ0v) is 19.7. The van der Waals surface area contributed by atoms with Gasteiger partial charge in [0.2, 0.25) is 11.8 Å². The summed E-state index contributed by atoms with van der Waals surface area (Å²) in [5.41, 5.74) is 1.90. The van der Waals surface area contributed by atoms with E-state index in [9.17, 15) is 14.4 Å². The quantitative estimate of drug-likeness (QED) is 0.551. The van der Waals surface area contributed by atoms with Gasteiger partial charge in [-0.2, -0.15) is 4.98 Å². The summed E-state index contributed by atoms with van der Waals surface area (Å²) in [5.74, 6) is -0.332. The molecular weight excluding hydrogens is 440 g/mol. The number of hydrogen-bond acceptors (Lipinski definition) is 7. The number of rotatable bonds is 7. The monoisotopic (exact) mass is 468 g/mol. The van der Waals surface area contributed by atoms with Crippen LogP contribution < -0.4 is 21.1 Å². The molecule has 2 N–H and O–H groups in total. The summed E-state index contributed by atoms with van der Waals surface area (Å²) in [7, 11) is 0. The van der Waals surface area contributed by atoms with Gasteiger partial charge in [-0.05, 0) is 43.9 Å². The van der Waals surface area contributed by atoms with Gasteiger partial charge in [0.15, 0.2) is 10.8 Å². The van der Waals surface area contributed by atoms with E-state index in [2.05, 4.69) is 27.5 Å². The van der Waals surface area contributed by atoms with Crippen molar-refractivity contribution in [3.63, 3.8) is 0 Å². The van der Waals surface area contributed by atoms with E-state index < -0.39 is 0 Å². The van der Waals surface area contributed by atoms with Gasteiger partial charge in [-0.1, -0.05) is 30.4 Å². The summed E-state index contributed by atoms with van der Waals surface area (Å²) >= 11 is 1.26. The van der Waals surface area contributed by atoms with Crippen LogP contribution in [0.3, 0.4) is 0 Å². The SMILES string of the molecule is CCNC(=O)[C@H]1CCCN(c2nc3ncn(CC(=O)Nc4cccc(CC)c4)c(=O)c3s2)C1. The van der Waals surface area contributed by atoms with E-state index in [1.807, 2.05) is 36.1 Å². The van der Waals surface area contributed by atoms with Crippen molar-refractivity contribution in [3.8, 4) is 0 Å². The smallest absolute Gasteiger partial charge is 0.273 e. The van der Waals surface area contributed by atoms with Gasteiger partial charge < -0.3 is 15.5 Å². The first kappa shape index (κ1) is 22.9. The third-order valence-corrected chi connectivity index (χ3v) is 6.81. The third kappa shape index (κ3) is 5.22. The topological polar surface area (TPSA) is 109 Å². The van der Waals surface area contributed by atoms with E-state index in [0.29, 0.717) is 34.3 Å². The molecule has 2 amide bonds. The molecule has 0 saturated carbocycles. The van der Waals surface area contributed by atoms with Crippen LogP contribution in [0.4, 0.5) is 10.8 Å². The molecule has 0 radical (unpaired) electrons. The molecular formula is C23H28N6O3S. The highest BCUT2D eigenvalue weighted by molar-refractivity contribution is 7.22. The lowest BCUT2D eigenvalue weighted by Crippen LogP contribution is -2.43. The summed E-state index contributed by atoms with van der Waals surface area (Å²) in [6.45, 7) is 5.79. The van der Waals surface area contributed by atoms with Crippen LogP contribution in [-0.2, 0) is 22.6 Å². The fourth-order valence-electron chi connectivity index (χ4n) is 3.99. The Bertz CT molecular complexity index is 1220. The molecule has 3 aromatic rings. The van der Waals surface area contributed by atoms with Gasteiger partial charge in [-0.15, -0.1) is 0 Å².